The normalized spacial score (nSPS) is 16.0. The summed E-state index contributed by atoms with van der Waals surface area (Å²) >= 11 is 6.54. The van der Waals surface area contributed by atoms with Crippen molar-refractivity contribution in [3.8, 4) is 5.75 Å². The van der Waals surface area contributed by atoms with Gasteiger partial charge < -0.3 is 10.0 Å². The first kappa shape index (κ1) is 17.6. The van der Waals surface area contributed by atoms with E-state index < -0.39 is 0 Å². The van der Waals surface area contributed by atoms with Crippen molar-refractivity contribution in [2.24, 2.45) is 4.99 Å². The lowest BCUT2D eigenvalue weighted by atomic mass is 9.88. The number of fused-ring (bicyclic) bond motifs is 1. The van der Waals surface area contributed by atoms with Gasteiger partial charge in [-0.3, -0.25) is 4.99 Å². The molecule has 2 aromatic carbocycles. The maximum Gasteiger partial charge on any atom is 0.117 e. The fraction of sp³-hybridized carbons (Fsp3) is 0.286. The van der Waals surface area contributed by atoms with E-state index in [-0.39, 0.29) is 11.3 Å². The molecule has 1 aliphatic heterocycles. The van der Waals surface area contributed by atoms with Crippen molar-refractivity contribution in [3.63, 3.8) is 0 Å². The highest BCUT2D eigenvalue weighted by molar-refractivity contribution is 6.33. The molecule has 0 atom stereocenters. The minimum absolute atomic E-state index is 0.0354. The van der Waals surface area contributed by atoms with E-state index in [0.29, 0.717) is 10.7 Å². The van der Waals surface area contributed by atoms with Crippen LogP contribution in [-0.2, 0) is 0 Å². The molecule has 0 unspecified atom stereocenters. The molecule has 25 heavy (non-hydrogen) atoms. The predicted octanol–water partition coefficient (Wildman–Crippen LogP) is 5.82. The summed E-state index contributed by atoms with van der Waals surface area (Å²) in [5, 5.41) is 10.2. The first-order valence-electron chi connectivity index (χ1n) is 8.46. The molecule has 0 aromatic heterocycles. The van der Waals surface area contributed by atoms with Gasteiger partial charge in [-0.2, -0.15) is 0 Å². The molecule has 0 saturated heterocycles. The second-order valence-corrected chi connectivity index (χ2v) is 7.30. The van der Waals surface area contributed by atoms with Crippen LogP contribution in [0.2, 0.25) is 5.02 Å². The third kappa shape index (κ3) is 3.42. The van der Waals surface area contributed by atoms with Gasteiger partial charge in [-0.05, 0) is 57.5 Å². The molecule has 4 heteroatoms. The van der Waals surface area contributed by atoms with E-state index in [0.717, 1.165) is 17.8 Å². The Morgan fingerprint density at radius 1 is 1.24 bits per heavy atom. The number of nitrogens with zero attached hydrogens (tertiary/aromatic N) is 2. The molecule has 1 N–H and O–H groups in total. The number of halogens is 1. The van der Waals surface area contributed by atoms with Gasteiger partial charge in [-0.15, -0.1) is 0 Å². The highest BCUT2D eigenvalue weighted by Gasteiger charge is 2.30. The average Bonchev–Trinajstić information content (AvgIpc) is 2.53. The fourth-order valence-corrected chi connectivity index (χ4v) is 3.72. The Morgan fingerprint density at radius 3 is 2.68 bits per heavy atom. The summed E-state index contributed by atoms with van der Waals surface area (Å²) < 4.78 is 0. The van der Waals surface area contributed by atoms with Gasteiger partial charge in [-0.1, -0.05) is 23.7 Å². The van der Waals surface area contributed by atoms with E-state index in [4.69, 9.17) is 11.6 Å². The Morgan fingerprint density at radius 2 is 2.00 bits per heavy atom. The van der Waals surface area contributed by atoms with Crippen LogP contribution in [0.15, 0.2) is 47.5 Å². The molecule has 130 valence electrons. The van der Waals surface area contributed by atoms with E-state index in [1.165, 1.54) is 11.1 Å². The summed E-state index contributed by atoms with van der Waals surface area (Å²) in [5.74, 6) is 0.200. The zero-order valence-electron chi connectivity index (χ0n) is 15.0. The summed E-state index contributed by atoms with van der Waals surface area (Å²) in [7, 11) is 0. The van der Waals surface area contributed by atoms with Crippen LogP contribution in [-0.4, -0.2) is 23.4 Å². The van der Waals surface area contributed by atoms with Crippen LogP contribution < -0.4 is 4.90 Å². The minimum atomic E-state index is -0.0354. The molecule has 2 aromatic rings. The summed E-state index contributed by atoms with van der Waals surface area (Å²) in [5.41, 5.74) is 5.11. The average molecular weight is 355 g/mol. The highest BCUT2D eigenvalue weighted by atomic mass is 35.5. The van der Waals surface area contributed by atoms with Crippen LogP contribution in [0.3, 0.4) is 0 Å². The number of likely N-dealkylation sites (N-methyl/N-ethyl adjacent to an activating group) is 1. The first-order valence-corrected chi connectivity index (χ1v) is 8.84. The third-order valence-electron chi connectivity index (χ3n) is 4.59. The third-order valence-corrected chi connectivity index (χ3v) is 4.92. The largest absolute Gasteiger partial charge is 0.508 e. The van der Waals surface area contributed by atoms with Crippen LogP contribution in [0, 0.1) is 0 Å². The lowest BCUT2D eigenvalue weighted by Crippen LogP contribution is -2.44. The Bertz CT molecular complexity index is 868. The Hall–Kier alpha value is -2.26. The van der Waals surface area contributed by atoms with Gasteiger partial charge in [0.05, 0.1) is 16.2 Å². The molecule has 1 aliphatic rings. The SMILES string of the molecule is CCN1c2cc(Cl)c(C=Nc3cccc(O)c3)cc2C(C)=CC1(C)C. The number of allylic oxidation sites excluding steroid dienone is 1. The predicted molar refractivity (Wildman–Crippen MR) is 108 cm³/mol. The number of phenolic OH excluding ortho intramolecular Hbond substituents is 1. The molecule has 0 spiro atoms. The van der Waals surface area contributed by atoms with E-state index in [1.54, 1.807) is 24.4 Å². The summed E-state index contributed by atoms with van der Waals surface area (Å²) in [6.45, 7) is 9.64. The van der Waals surface area contributed by atoms with Crippen molar-refractivity contribution in [2.75, 3.05) is 11.4 Å². The molecule has 1 heterocycles. The lowest BCUT2D eigenvalue weighted by Gasteiger charge is -2.43. The molecular weight excluding hydrogens is 332 g/mol. The van der Waals surface area contributed by atoms with Crippen LogP contribution in [0.5, 0.6) is 5.75 Å². The van der Waals surface area contributed by atoms with E-state index >= 15 is 0 Å². The van der Waals surface area contributed by atoms with Gasteiger partial charge in [-0.25, -0.2) is 0 Å². The number of aromatic hydroxyl groups is 1. The van der Waals surface area contributed by atoms with Gasteiger partial charge in [0.15, 0.2) is 0 Å². The number of phenols is 1. The molecule has 0 fully saturated rings. The van der Waals surface area contributed by atoms with Crippen molar-refractivity contribution in [2.45, 2.75) is 33.2 Å². The van der Waals surface area contributed by atoms with Crippen molar-refractivity contribution >= 4 is 34.8 Å². The Labute approximate surface area is 154 Å². The van der Waals surface area contributed by atoms with Crippen LogP contribution >= 0.6 is 11.6 Å². The van der Waals surface area contributed by atoms with Crippen molar-refractivity contribution in [3.05, 3.63) is 58.6 Å². The quantitative estimate of drug-likeness (QED) is 0.705. The van der Waals surface area contributed by atoms with Crippen LogP contribution in [0.1, 0.15) is 38.8 Å². The molecule has 0 aliphatic carbocycles. The van der Waals surface area contributed by atoms with Gasteiger partial charge in [0.25, 0.3) is 0 Å². The zero-order valence-corrected chi connectivity index (χ0v) is 15.8. The van der Waals surface area contributed by atoms with Crippen molar-refractivity contribution in [1.82, 2.24) is 0 Å². The van der Waals surface area contributed by atoms with Crippen LogP contribution in [0.25, 0.3) is 5.57 Å². The van der Waals surface area contributed by atoms with Crippen LogP contribution in [0.4, 0.5) is 11.4 Å². The maximum atomic E-state index is 9.55. The molecule has 0 radical (unpaired) electrons. The first-order chi connectivity index (χ1) is 11.8. The smallest absolute Gasteiger partial charge is 0.117 e. The summed E-state index contributed by atoms with van der Waals surface area (Å²) in [6.07, 6.45) is 4.05. The Kier molecular flexibility index (Phi) is 4.61. The molecule has 0 saturated carbocycles. The standard InChI is InChI=1S/C21H23ClN2O/c1-5-24-20-11-19(22)15(9-18(20)14(2)12-21(24,3)4)13-23-16-7-6-8-17(25)10-16/h6-13,25H,5H2,1-4H3. The van der Waals surface area contributed by atoms with Gasteiger partial charge >= 0.3 is 0 Å². The van der Waals surface area contributed by atoms with E-state index in [9.17, 15) is 5.11 Å². The molecule has 0 amide bonds. The molecule has 3 rings (SSSR count). The number of hydrogen-bond acceptors (Lipinski definition) is 3. The summed E-state index contributed by atoms with van der Waals surface area (Å²) in [6, 6.07) is 11.0. The maximum absolute atomic E-state index is 9.55. The number of aliphatic imine (C=N–C) groups is 1. The molecule has 3 nitrogen and oxygen atoms in total. The monoisotopic (exact) mass is 354 g/mol. The number of benzene rings is 2. The van der Waals surface area contributed by atoms with Gasteiger partial charge in [0, 0.05) is 35.6 Å². The minimum Gasteiger partial charge on any atom is -0.508 e. The number of hydrogen-bond donors (Lipinski definition) is 1. The fourth-order valence-electron chi connectivity index (χ4n) is 3.51. The number of rotatable bonds is 3. The van der Waals surface area contributed by atoms with Gasteiger partial charge in [0.1, 0.15) is 5.75 Å². The summed E-state index contributed by atoms with van der Waals surface area (Å²) in [4.78, 5) is 6.80. The number of anilines is 1. The van der Waals surface area contributed by atoms with Crippen molar-refractivity contribution < 1.29 is 5.11 Å². The van der Waals surface area contributed by atoms with Gasteiger partial charge in [0.2, 0.25) is 0 Å². The van der Waals surface area contributed by atoms with E-state index in [1.807, 2.05) is 12.1 Å². The highest BCUT2D eigenvalue weighted by Crippen LogP contribution is 2.41. The molecular formula is C21H23ClN2O. The lowest BCUT2D eigenvalue weighted by molar-refractivity contribution is 0.475. The topological polar surface area (TPSA) is 35.8 Å². The zero-order chi connectivity index (χ0) is 18.2. The van der Waals surface area contributed by atoms with Crippen molar-refractivity contribution in [1.29, 1.82) is 0 Å². The van der Waals surface area contributed by atoms with E-state index in [2.05, 4.69) is 49.7 Å². The second-order valence-electron chi connectivity index (χ2n) is 6.89. The molecule has 0 bridgehead atoms. The second kappa shape index (κ2) is 6.57. The Balaban J connectivity index is 2.03.